The maximum atomic E-state index is 14.1. The first kappa shape index (κ1) is 17.8. The third-order valence-corrected chi connectivity index (χ3v) is 3.36. The molecule has 2 aromatic rings. The number of carbonyl (C=O) groups is 1. The van der Waals surface area contributed by atoms with Gasteiger partial charge >= 0.3 is 0 Å². The van der Waals surface area contributed by atoms with Crippen LogP contribution in [0.15, 0.2) is 42.7 Å². The first-order chi connectivity index (χ1) is 11.6. The molecule has 0 bridgehead atoms. The number of nitrogens with zero attached hydrogens (tertiary/aromatic N) is 1. The second kappa shape index (κ2) is 8.95. The number of nitrogens with two attached hydrogens (primary N) is 1. The molecule has 7 heteroatoms. The van der Waals surface area contributed by atoms with Crippen molar-refractivity contribution in [2.75, 3.05) is 13.7 Å². The highest BCUT2D eigenvalue weighted by atomic mass is 19.1. The van der Waals surface area contributed by atoms with Crippen LogP contribution in [0.2, 0.25) is 0 Å². The smallest absolute Gasteiger partial charge is 0.222 e. The maximum Gasteiger partial charge on any atom is 0.222 e. The number of carbonyl (C=O) groups excluding carboxylic acids is 1. The summed E-state index contributed by atoms with van der Waals surface area (Å²) in [6.07, 6.45) is 2.94. The van der Waals surface area contributed by atoms with Crippen molar-refractivity contribution in [2.45, 2.75) is 19.1 Å². The first-order valence-corrected chi connectivity index (χ1v) is 7.48. The molecule has 0 aliphatic carbocycles. The van der Waals surface area contributed by atoms with Crippen molar-refractivity contribution in [2.24, 2.45) is 5.73 Å². The Hall–Kier alpha value is -2.51. The third kappa shape index (κ3) is 5.29. The zero-order valence-corrected chi connectivity index (χ0v) is 13.4. The van der Waals surface area contributed by atoms with Crippen LogP contribution >= 0.6 is 0 Å². The molecule has 0 saturated carbocycles. The van der Waals surface area contributed by atoms with Gasteiger partial charge in [-0.15, -0.1) is 0 Å². The fourth-order valence-electron chi connectivity index (χ4n) is 2.01. The normalized spacial score (nSPS) is 11.8. The Balaban J connectivity index is 1.91. The topological polar surface area (TPSA) is 86.5 Å². The van der Waals surface area contributed by atoms with Crippen molar-refractivity contribution in [3.05, 3.63) is 54.1 Å². The van der Waals surface area contributed by atoms with Crippen molar-refractivity contribution in [1.29, 1.82) is 0 Å². The number of nitrogens with one attached hydrogen (secondary N) is 1. The molecule has 1 heterocycles. The average molecular weight is 333 g/mol. The van der Waals surface area contributed by atoms with Crippen LogP contribution in [0.3, 0.4) is 0 Å². The number of amides is 1. The fraction of sp³-hybridized carbons (Fsp3) is 0.294. The van der Waals surface area contributed by atoms with Gasteiger partial charge in [0.1, 0.15) is 5.75 Å². The molecule has 0 radical (unpaired) electrons. The van der Waals surface area contributed by atoms with Crippen molar-refractivity contribution in [3.8, 4) is 11.5 Å². The largest absolute Gasteiger partial charge is 0.453 e. The highest BCUT2D eigenvalue weighted by Crippen LogP contribution is 2.24. The van der Waals surface area contributed by atoms with E-state index in [0.717, 1.165) is 0 Å². The minimum atomic E-state index is -0.512. The van der Waals surface area contributed by atoms with Gasteiger partial charge in [0, 0.05) is 26.4 Å². The number of benzene rings is 1. The maximum absolute atomic E-state index is 14.1. The lowest BCUT2D eigenvalue weighted by Crippen LogP contribution is -2.31. The van der Waals surface area contributed by atoms with Gasteiger partial charge in [0.05, 0.1) is 18.7 Å². The summed E-state index contributed by atoms with van der Waals surface area (Å²) in [7, 11) is 1.50. The first-order valence-electron chi connectivity index (χ1n) is 7.48. The quantitative estimate of drug-likeness (QED) is 0.771. The SMILES string of the molecule is COC(CN)CC(=O)NCc1ccc(Oc2cccnc2)c(F)c1. The van der Waals surface area contributed by atoms with Crippen LogP contribution in [0, 0.1) is 5.82 Å². The van der Waals surface area contributed by atoms with E-state index in [1.807, 2.05) is 0 Å². The summed E-state index contributed by atoms with van der Waals surface area (Å²) >= 11 is 0. The van der Waals surface area contributed by atoms with Crippen LogP contribution in [-0.4, -0.2) is 30.6 Å². The van der Waals surface area contributed by atoms with Crippen LogP contribution in [0.4, 0.5) is 4.39 Å². The molecular formula is C17H20FN3O3. The zero-order chi connectivity index (χ0) is 17.4. The monoisotopic (exact) mass is 333 g/mol. The number of halogens is 1. The predicted octanol–water partition coefficient (Wildman–Crippen LogP) is 1.99. The van der Waals surface area contributed by atoms with Gasteiger partial charge in [-0.1, -0.05) is 6.07 Å². The molecule has 1 aromatic carbocycles. The van der Waals surface area contributed by atoms with Gasteiger partial charge in [0.2, 0.25) is 5.91 Å². The Kier molecular flexibility index (Phi) is 6.65. The summed E-state index contributed by atoms with van der Waals surface area (Å²) in [5, 5.41) is 2.70. The third-order valence-electron chi connectivity index (χ3n) is 3.36. The van der Waals surface area contributed by atoms with Crippen LogP contribution in [0.25, 0.3) is 0 Å². The van der Waals surface area contributed by atoms with E-state index in [4.69, 9.17) is 15.2 Å². The van der Waals surface area contributed by atoms with Crippen molar-refractivity contribution in [3.63, 3.8) is 0 Å². The van der Waals surface area contributed by atoms with Gasteiger partial charge in [-0.25, -0.2) is 4.39 Å². The van der Waals surface area contributed by atoms with E-state index in [-0.39, 0.29) is 37.3 Å². The van der Waals surface area contributed by atoms with Gasteiger partial charge in [-0.3, -0.25) is 9.78 Å². The van der Waals surface area contributed by atoms with Crippen LogP contribution in [-0.2, 0) is 16.1 Å². The van der Waals surface area contributed by atoms with E-state index in [2.05, 4.69) is 10.3 Å². The molecule has 0 aliphatic heterocycles. The molecule has 3 N–H and O–H groups in total. The van der Waals surface area contributed by atoms with Crippen molar-refractivity contribution < 1.29 is 18.7 Å². The fourth-order valence-corrected chi connectivity index (χ4v) is 2.01. The summed E-state index contributed by atoms with van der Waals surface area (Å²) in [4.78, 5) is 15.7. The minimum Gasteiger partial charge on any atom is -0.453 e. The lowest BCUT2D eigenvalue weighted by Gasteiger charge is -2.13. The number of methoxy groups -OCH3 is 1. The van der Waals surface area contributed by atoms with Crippen LogP contribution in [0.5, 0.6) is 11.5 Å². The highest BCUT2D eigenvalue weighted by molar-refractivity contribution is 5.76. The van der Waals surface area contributed by atoms with Crippen molar-refractivity contribution in [1.82, 2.24) is 10.3 Å². The lowest BCUT2D eigenvalue weighted by molar-refractivity contribution is -0.123. The van der Waals surface area contributed by atoms with E-state index < -0.39 is 5.82 Å². The van der Waals surface area contributed by atoms with Gasteiger partial charge in [0.15, 0.2) is 11.6 Å². The van der Waals surface area contributed by atoms with E-state index >= 15 is 0 Å². The number of aromatic nitrogens is 1. The minimum absolute atomic E-state index is 0.0978. The standard InChI is InChI=1S/C17H20FN3O3/c1-23-14(9-19)8-17(22)21-10-12-4-5-16(15(18)7-12)24-13-3-2-6-20-11-13/h2-7,11,14H,8-10,19H2,1H3,(H,21,22). The van der Waals surface area contributed by atoms with E-state index in [1.165, 1.54) is 25.4 Å². The molecule has 1 aromatic heterocycles. The molecule has 0 spiro atoms. The number of hydrogen-bond acceptors (Lipinski definition) is 5. The summed E-state index contributed by atoms with van der Waals surface area (Å²) in [6.45, 7) is 0.475. The lowest BCUT2D eigenvalue weighted by atomic mass is 10.2. The second-order valence-electron chi connectivity index (χ2n) is 5.13. The summed E-state index contributed by atoms with van der Waals surface area (Å²) in [5.74, 6) is -0.170. The number of ether oxygens (including phenoxy) is 2. The summed E-state index contributed by atoms with van der Waals surface area (Å²) in [5.41, 5.74) is 6.09. The van der Waals surface area contributed by atoms with Gasteiger partial charge in [0.25, 0.3) is 0 Å². The molecule has 0 fully saturated rings. The molecule has 2 rings (SSSR count). The van der Waals surface area contributed by atoms with E-state index in [1.54, 1.807) is 24.4 Å². The highest BCUT2D eigenvalue weighted by Gasteiger charge is 2.12. The number of hydrogen-bond donors (Lipinski definition) is 2. The average Bonchev–Trinajstić information content (AvgIpc) is 2.61. The van der Waals surface area contributed by atoms with E-state index in [9.17, 15) is 9.18 Å². The van der Waals surface area contributed by atoms with E-state index in [0.29, 0.717) is 11.3 Å². The Morgan fingerprint density at radius 1 is 1.42 bits per heavy atom. The predicted molar refractivity (Wildman–Crippen MR) is 87.0 cm³/mol. The molecular weight excluding hydrogens is 313 g/mol. The molecule has 6 nitrogen and oxygen atoms in total. The Morgan fingerprint density at radius 2 is 2.25 bits per heavy atom. The molecule has 1 atom stereocenters. The Bertz CT molecular complexity index is 663. The molecule has 1 unspecified atom stereocenters. The number of pyridine rings is 1. The Morgan fingerprint density at radius 3 is 2.88 bits per heavy atom. The number of rotatable bonds is 8. The Labute approximate surface area is 139 Å². The summed E-state index contributed by atoms with van der Waals surface area (Å²) in [6, 6.07) is 7.91. The zero-order valence-electron chi connectivity index (χ0n) is 13.4. The summed E-state index contributed by atoms with van der Waals surface area (Å²) < 4.78 is 24.5. The molecule has 128 valence electrons. The van der Waals surface area contributed by atoms with Gasteiger partial charge in [-0.05, 0) is 29.8 Å². The van der Waals surface area contributed by atoms with Crippen molar-refractivity contribution >= 4 is 5.91 Å². The van der Waals surface area contributed by atoms with Crippen LogP contribution < -0.4 is 15.8 Å². The molecule has 0 aliphatic rings. The van der Waals surface area contributed by atoms with Crippen LogP contribution in [0.1, 0.15) is 12.0 Å². The molecule has 0 saturated heterocycles. The van der Waals surface area contributed by atoms with Gasteiger partial charge in [-0.2, -0.15) is 0 Å². The molecule has 1 amide bonds. The van der Waals surface area contributed by atoms with Gasteiger partial charge < -0.3 is 20.5 Å². The molecule has 24 heavy (non-hydrogen) atoms. The second-order valence-corrected chi connectivity index (χ2v) is 5.13.